The molecule has 2 aromatic rings. The summed E-state index contributed by atoms with van der Waals surface area (Å²) in [6.45, 7) is 0.123. The lowest BCUT2D eigenvalue weighted by atomic mass is 10.2. The minimum absolute atomic E-state index is 0.119. The molecule has 1 aromatic carbocycles. The van der Waals surface area contributed by atoms with Crippen molar-refractivity contribution in [3.8, 4) is 5.75 Å². The van der Waals surface area contributed by atoms with Crippen LogP contribution in [0, 0.1) is 10.1 Å². The van der Waals surface area contributed by atoms with Gasteiger partial charge in [-0.15, -0.1) is 5.10 Å². The van der Waals surface area contributed by atoms with E-state index in [4.69, 9.17) is 0 Å². The van der Waals surface area contributed by atoms with Gasteiger partial charge in [-0.25, -0.2) is 4.68 Å². The maximum absolute atomic E-state index is 11.7. The number of benzene rings is 1. The average Bonchev–Trinajstić information content (AvgIpc) is 2.89. The number of phenols is 1. The zero-order valence-electron chi connectivity index (χ0n) is 11.5. The van der Waals surface area contributed by atoms with E-state index in [2.05, 4.69) is 20.8 Å². The highest BCUT2D eigenvalue weighted by atomic mass is 32.2. The summed E-state index contributed by atoms with van der Waals surface area (Å²) in [5, 5.41) is 34.0. The van der Waals surface area contributed by atoms with Gasteiger partial charge in [0.05, 0.1) is 10.7 Å². The molecule has 1 aromatic heterocycles. The monoisotopic (exact) mass is 324 g/mol. The Morgan fingerprint density at radius 2 is 2.32 bits per heavy atom. The molecular weight excluding hydrogens is 312 g/mol. The Morgan fingerprint density at radius 3 is 2.95 bits per heavy atom. The Bertz CT molecular complexity index is 704. The Kier molecular flexibility index (Phi) is 4.88. The number of nitro benzene ring substituents is 1. The number of nitrogens with zero attached hydrogens (tertiary/aromatic N) is 5. The summed E-state index contributed by atoms with van der Waals surface area (Å²) in [4.78, 5) is 21.7. The number of thioether (sulfide) groups is 1. The SMILES string of the molecule is Cn1nnnc1SCC(=O)NCc1ccc(O)c([N+](=O)[O-])c1. The largest absolute Gasteiger partial charge is 0.502 e. The van der Waals surface area contributed by atoms with Crippen molar-refractivity contribution in [2.45, 2.75) is 11.7 Å². The molecule has 0 aliphatic heterocycles. The van der Waals surface area contributed by atoms with Crippen LogP contribution in [0.2, 0.25) is 0 Å². The average molecular weight is 324 g/mol. The quantitative estimate of drug-likeness (QED) is 0.438. The maximum Gasteiger partial charge on any atom is 0.311 e. The number of hydrogen-bond donors (Lipinski definition) is 2. The molecule has 2 rings (SSSR count). The van der Waals surface area contributed by atoms with Crippen LogP contribution >= 0.6 is 11.8 Å². The van der Waals surface area contributed by atoms with E-state index < -0.39 is 16.4 Å². The highest BCUT2D eigenvalue weighted by Gasteiger charge is 2.14. The molecular formula is C11H12N6O4S. The van der Waals surface area contributed by atoms with Crippen molar-refractivity contribution < 1.29 is 14.8 Å². The Morgan fingerprint density at radius 1 is 1.55 bits per heavy atom. The molecule has 2 N–H and O–H groups in total. The number of nitrogens with one attached hydrogen (secondary N) is 1. The molecule has 0 fully saturated rings. The van der Waals surface area contributed by atoms with E-state index in [1.54, 1.807) is 7.05 Å². The predicted molar refractivity (Wildman–Crippen MR) is 76.1 cm³/mol. The van der Waals surface area contributed by atoms with Gasteiger partial charge in [-0.2, -0.15) is 0 Å². The highest BCUT2D eigenvalue weighted by molar-refractivity contribution is 7.99. The van der Waals surface area contributed by atoms with Crippen molar-refractivity contribution in [1.29, 1.82) is 0 Å². The van der Waals surface area contributed by atoms with Crippen molar-refractivity contribution in [1.82, 2.24) is 25.5 Å². The lowest BCUT2D eigenvalue weighted by Crippen LogP contribution is -2.24. The highest BCUT2D eigenvalue weighted by Crippen LogP contribution is 2.26. The Balaban J connectivity index is 1.87. The number of hydrogen-bond acceptors (Lipinski definition) is 8. The van der Waals surface area contributed by atoms with Crippen LogP contribution in [-0.2, 0) is 18.4 Å². The lowest BCUT2D eigenvalue weighted by Gasteiger charge is -2.05. The summed E-state index contributed by atoms with van der Waals surface area (Å²) in [6.07, 6.45) is 0. The zero-order chi connectivity index (χ0) is 16.1. The first-order valence-electron chi connectivity index (χ1n) is 6.05. The third-order valence-electron chi connectivity index (χ3n) is 2.64. The summed E-state index contributed by atoms with van der Waals surface area (Å²) in [6, 6.07) is 3.94. The van der Waals surface area contributed by atoms with Crippen LogP contribution in [-0.4, -0.2) is 41.9 Å². The van der Waals surface area contributed by atoms with E-state index in [9.17, 15) is 20.0 Å². The van der Waals surface area contributed by atoms with Gasteiger partial charge in [0.1, 0.15) is 0 Å². The maximum atomic E-state index is 11.7. The molecule has 0 radical (unpaired) electrons. The Labute approximate surface area is 128 Å². The second-order valence-corrected chi connectivity index (χ2v) is 5.17. The first kappa shape index (κ1) is 15.7. The molecule has 11 heteroatoms. The van der Waals surface area contributed by atoms with Crippen LogP contribution < -0.4 is 5.32 Å². The molecule has 0 spiro atoms. The first-order chi connectivity index (χ1) is 10.5. The number of aromatic hydroxyl groups is 1. The summed E-state index contributed by atoms with van der Waals surface area (Å²) >= 11 is 1.17. The number of rotatable bonds is 6. The summed E-state index contributed by atoms with van der Waals surface area (Å²) in [5.41, 5.74) is 0.120. The van der Waals surface area contributed by atoms with Crippen molar-refractivity contribution in [2.75, 3.05) is 5.75 Å². The molecule has 0 aliphatic carbocycles. The van der Waals surface area contributed by atoms with Gasteiger partial charge >= 0.3 is 5.69 Å². The molecule has 0 atom stereocenters. The van der Waals surface area contributed by atoms with E-state index in [-0.39, 0.29) is 18.2 Å². The number of aromatic nitrogens is 4. The molecule has 0 unspecified atom stereocenters. The third kappa shape index (κ3) is 3.91. The van der Waals surface area contributed by atoms with Crippen LogP contribution in [0.1, 0.15) is 5.56 Å². The normalized spacial score (nSPS) is 10.4. The molecule has 1 amide bonds. The summed E-state index contributed by atoms with van der Waals surface area (Å²) < 4.78 is 1.45. The third-order valence-corrected chi connectivity index (χ3v) is 3.65. The van der Waals surface area contributed by atoms with Crippen molar-refractivity contribution in [3.63, 3.8) is 0 Å². The number of amides is 1. The van der Waals surface area contributed by atoms with Gasteiger partial charge in [0.25, 0.3) is 0 Å². The number of carbonyl (C=O) groups excluding carboxylic acids is 1. The van der Waals surface area contributed by atoms with Crippen molar-refractivity contribution in [2.24, 2.45) is 7.05 Å². The summed E-state index contributed by atoms with van der Waals surface area (Å²) in [5.74, 6) is -0.553. The van der Waals surface area contributed by atoms with Crippen molar-refractivity contribution in [3.05, 3.63) is 33.9 Å². The Hall–Kier alpha value is -2.69. The van der Waals surface area contributed by atoms with E-state index in [0.29, 0.717) is 10.7 Å². The van der Waals surface area contributed by atoms with Gasteiger partial charge in [0.15, 0.2) is 5.75 Å². The van der Waals surface area contributed by atoms with Gasteiger partial charge in [-0.1, -0.05) is 17.8 Å². The fourth-order valence-electron chi connectivity index (χ4n) is 1.55. The van der Waals surface area contributed by atoms with Gasteiger partial charge in [-0.05, 0) is 22.1 Å². The van der Waals surface area contributed by atoms with Crippen LogP contribution in [0.15, 0.2) is 23.4 Å². The standard InChI is InChI=1S/C11H12N6O4S/c1-16-11(13-14-15-16)22-6-10(19)12-5-7-2-3-9(18)8(4-7)17(20)21/h2-4,18H,5-6H2,1H3,(H,12,19). The number of tetrazole rings is 1. The minimum Gasteiger partial charge on any atom is -0.502 e. The number of phenolic OH excluding ortho intramolecular Hbond substituents is 1. The molecule has 1 heterocycles. The molecule has 0 aliphatic rings. The van der Waals surface area contributed by atoms with E-state index >= 15 is 0 Å². The van der Waals surface area contributed by atoms with Crippen LogP contribution in [0.3, 0.4) is 0 Å². The lowest BCUT2D eigenvalue weighted by molar-refractivity contribution is -0.385. The zero-order valence-corrected chi connectivity index (χ0v) is 12.3. The molecule has 0 saturated carbocycles. The fourth-order valence-corrected chi connectivity index (χ4v) is 2.23. The topological polar surface area (TPSA) is 136 Å². The molecule has 22 heavy (non-hydrogen) atoms. The first-order valence-corrected chi connectivity index (χ1v) is 7.04. The molecule has 10 nitrogen and oxygen atoms in total. The second-order valence-electron chi connectivity index (χ2n) is 4.23. The van der Waals surface area contributed by atoms with Gasteiger partial charge in [0, 0.05) is 19.7 Å². The fraction of sp³-hybridized carbons (Fsp3) is 0.273. The van der Waals surface area contributed by atoms with E-state index in [0.717, 1.165) is 0 Å². The predicted octanol–water partition coefficient (Wildman–Crippen LogP) is 0.232. The molecule has 116 valence electrons. The minimum atomic E-state index is -0.683. The van der Waals surface area contributed by atoms with Gasteiger partial charge in [0.2, 0.25) is 11.1 Å². The van der Waals surface area contributed by atoms with Crippen LogP contribution in [0.4, 0.5) is 5.69 Å². The number of nitro groups is 1. The molecule has 0 saturated heterocycles. The van der Waals surface area contributed by atoms with Gasteiger partial charge < -0.3 is 10.4 Å². The summed E-state index contributed by atoms with van der Waals surface area (Å²) in [7, 11) is 1.66. The van der Waals surface area contributed by atoms with E-state index in [1.165, 1.54) is 34.6 Å². The van der Waals surface area contributed by atoms with Crippen molar-refractivity contribution >= 4 is 23.4 Å². The number of aryl methyl sites for hydroxylation is 1. The smallest absolute Gasteiger partial charge is 0.311 e. The second kappa shape index (κ2) is 6.85. The van der Waals surface area contributed by atoms with E-state index in [1.807, 2.05) is 0 Å². The van der Waals surface area contributed by atoms with Crippen LogP contribution in [0.25, 0.3) is 0 Å². The number of carbonyl (C=O) groups is 1. The van der Waals surface area contributed by atoms with Gasteiger partial charge in [-0.3, -0.25) is 14.9 Å². The van der Waals surface area contributed by atoms with Crippen LogP contribution in [0.5, 0.6) is 5.75 Å². The molecule has 0 bridgehead atoms.